The maximum absolute atomic E-state index is 15.7. The number of likely N-dealkylation sites (N-methyl/N-ethyl adjacent to an activating group) is 1. The fourth-order valence-corrected chi connectivity index (χ4v) is 6.40. The van der Waals surface area contributed by atoms with Gasteiger partial charge in [0.1, 0.15) is 28.7 Å². The lowest BCUT2D eigenvalue weighted by atomic mass is 9.59. The number of nitrogens with one attached hydrogen (secondary N) is 2. The van der Waals surface area contributed by atoms with Crippen LogP contribution in [0.3, 0.4) is 0 Å². The monoisotopic (exact) mass is 485 g/mol. The maximum Gasteiger partial charge on any atom is 0.255 e. The first kappa shape index (κ1) is 23.5. The van der Waals surface area contributed by atoms with Crippen molar-refractivity contribution in [3.63, 3.8) is 0 Å². The summed E-state index contributed by atoms with van der Waals surface area (Å²) in [6.07, 6.45) is 1.82. The summed E-state index contributed by atoms with van der Waals surface area (Å²) >= 11 is 0. The Hall–Kier alpha value is -3.24. The normalized spacial score (nSPS) is 30.3. The Balaban J connectivity index is 1.63. The van der Waals surface area contributed by atoms with Gasteiger partial charge in [0.25, 0.3) is 5.91 Å². The van der Waals surface area contributed by atoms with Gasteiger partial charge in [-0.15, -0.1) is 0 Å². The van der Waals surface area contributed by atoms with Gasteiger partial charge < -0.3 is 31.7 Å². The van der Waals surface area contributed by atoms with Crippen LogP contribution in [-0.2, 0) is 20.8 Å². The van der Waals surface area contributed by atoms with Crippen molar-refractivity contribution >= 4 is 23.2 Å². The van der Waals surface area contributed by atoms with Crippen molar-refractivity contribution in [2.24, 2.45) is 23.5 Å². The smallest absolute Gasteiger partial charge is 0.255 e. The first-order valence-electron chi connectivity index (χ1n) is 11.9. The molecule has 0 spiro atoms. The van der Waals surface area contributed by atoms with Crippen LogP contribution in [0.1, 0.15) is 48.9 Å². The molecule has 0 bridgehead atoms. The van der Waals surface area contributed by atoms with Crippen molar-refractivity contribution in [3.05, 3.63) is 45.5 Å². The van der Waals surface area contributed by atoms with Crippen LogP contribution in [0.15, 0.2) is 23.0 Å². The van der Waals surface area contributed by atoms with E-state index in [0.29, 0.717) is 18.5 Å². The lowest BCUT2D eigenvalue weighted by molar-refractivity contribution is -0.135. The number of carbonyl (C=O) groups is 3. The van der Waals surface area contributed by atoms with Crippen molar-refractivity contribution in [3.8, 4) is 5.75 Å². The fraction of sp³-hybridized carbons (Fsp3) is 0.480. The molecule has 0 radical (unpaired) electrons. The quantitative estimate of drug-likeness (QED) is 0.276. The van der Waals surface area contributed by atoms with Crippen LogP contribution in [0.5, 0.6) is 5.75 Å². The standard InChI is InChI=1S/C25H28FN3O6/c1-2-28-20-12-7-9-6-11-16(14(30)8-10(19(11)26)13-4-3-5-29-13)21(31)15(9)22(32)17(12)23(33)18(24(20)34)25(27)35/h8-9,12-13,17,20,28-31,34H,2-7H2,1H3,(H2,27,35)/t9-,12+,13?,17+,20-/m0/s1. The third-order valence-electron chi connectivity index (χ3n) is 7.87. The SMILES string of the molecule is CCN[C@@H]1C(O)=C(C(N)=O)C(=O)[C@H]2C(=O)C3=C(O)c4c(O)cc(C5CCCN5)c(F)c4C[C@H]3C[C@H]21. The summed E-state index contributed by atoms with van der Waals surface area (Å²) in [5.41, 5.74) is 4.97. The predicted molar refractivity (Wildman–Crippen MR) is 123 cm³/mol. The molecule has 1 aliphatic heterocycles. The van der Waals surface area contributed by atoms with Gasteiger partial charge in [-0.1, -0.05) is 6.92 Å². The number of rotatable bonds is 4. The van der Waals surface area contributed by atoms with Crippen LogP contribution in [0.25, 0.3) is 5.76 Å². The fourth-order valence-electron chi connectivity index (χ4n) is 6.40. The van der Waals surface area contributed by atoms with Crippen molar-refractivity contribution < 1.29 is 34.1 Å². The van der Waals surface area contributed by atoms with E-state index in [1.165, 1.54) is 6.07 Å². The molecule has 3 aliphatic carbocycles. The molecule has 9 nitrogen and oxygen atoms in total. The summed E-state index contributed by atoms with van der Waals surface area (Å²) in [5, 5.41) is 38.8. The van der Waals surface area contributed by atoms with Gasteiger partial charge in [0.2, 0.25) is 0 Å². The number of Topliss-reactive ketones (excluding diaryl/α,β-unsaturated/α-hetero) is 2. The Labute approximate surface area is 200 Å². The number of fused-ring (bicyclic) bond motifs is 3. The van der Waals surface area contributed by atoms with Gasteiger partial charge in [0.05, 0.1) is 17.5 Å². The molecule has 1 amide bonds. The van der Waals surface area contributed by atoms with Gasteiger partial charge in [-0.05, 0) is 56.7 Å². The highest BCUT2D eigenvalue weighted by molar-refractivity contribution is 6.28. The highest BCUT2D eigenvalue weighted by Crippen LogP contribution is 2.50. The Morgan fingerprint density at radius 3 is 2.63 bits per heavy atom. The van der Waals surface area contributed by atoms with Crippen LogP contribution in [0.2, 0.25) is 0 Å². The number of aromatic hydroxyl groups is 1. The average Bonchev–Trinajstić information content (AvgIpc) is 3.33. The number of primary amides is 1. The van der Waals surface area contributed by atoms with Crippen molar-refractivity contribution in [1.29, 1.82) is 0 Å². The lowest BCUT2D eigenvalue weighted by Gasteiger charge is -2.44. The molecule has 0 aromatic heterocycles. The Bertz CT molecular complexity index is 1220. The number of aliphatic hydroxyl groups is 2. The lowest BCUT2D eigenvalue weighted by Crippen LogP contribution is -2.56. The van der Waals surface area contributed by atoms with Crippen molar-refractivity contribution in [2.75, 3.05) is 13.1 Å². The molecule has 7 N–H and O–H groups in total. The highest BCUT2D eigenvalue weighted by Gasteiger charge is 2.55. The Morgan fingerprint density at radius 1 is 1.26 bits per heavy atom. The number of phenolic OH excluding ortho intramolecular Hbond substituents is 1. The number of nitrogens with two attached hydrogens (primary N) is 1. The van der Waals surface area contributed by atoms with E-state index in [0.717, 1.165) is 13.0 Å². The molecule has 1 saturated carbocycles. The first-order valence-corrected chi connectivity index (χ1v) is 11.9. The molecule has 2 fully saturated rings. The second kappa shape index (κ2) is 8.46. The van der Waals surface area contributed by atoms with Gasteiger partial charge in [0.15, 0.2) is 11.6 Å². The van der Waals surface area contributed by atoms with Gasteiger partial charge in [-0.25, -0.2) is 4.39 Å². The first-order chi connectivity index (χ1) is 16.7. The second-order valence-corrected chi connectivity index (χ2v) is 9.73. The highest BCUT2D eigenvalue weighted by atomic mass is 19.1. The zero-order chi connectivity index (χ0) is 25.2. The molecule has 35 heavy (non-hydrogen) atoms. The number of benzene rings is 1. The Morgan fingerprint density at radius 2 is 2.00 bits per heavy atom. The minimum absolute atomic E-state index is 0.0455. The zero-order valence-corrected chi connectivity index (χ0v) is 19.2. The minimum Gasteiger partial charge on any atom is -0.510 e. The number of ketones is 2. The van der Waals surface area contributed by atoms with E-state index in [-0.39, 0.29) is 41.3 Å². The second-order valence-electron chi connectivity index (χ2n) is 9.73. The molecular weight excluding hydrogens is 457 g/mol. The summed E-state index contributed by atoms with van der Waals surface area (Å²) in [4.78, 5) is 38.7. The average molecular weight is 486 g/mol. The van der Waals surface area contributed by atoms with E-state index in [1.54, 1.807) is 6.92 Å². The molecule has 1 aromatic rings. The number of carbonyl (C=O) groups excluding carboxylic acids is 3. The summed E-state index contributed by atoms with van der Waals surface area (Å²) in [6, 6.07) is 0.162. The molecule has 1 heterocycles. The van der Waals surface area contributed by atoms with Crippen LogP contribution in [0, 0.1) is 23.6 Å². The Kier molecular flexibility index (Phi) is 5.68. The molecule has 1 aromatic carbocycles. The number of allylic oxidation sites excluding steroid dienone is 1. The number of hydrogen-bond donors (Lipinski definition) is 6. The summed E-state index contributed by atoms with van der Waals surface area (Å²) in [5.74, 6) is -7.30. The number of halogens is 1. The number of amides is 1. The number of aliphatic hydroxyl groups excluding tert-OH is 2. The van der Waals surface area contributed by atoms with Crippen LogP contribution in [-0.4, -0.2) is 51.9 Å². The van der Waals surface area contributed by atoms with Gasteiger partial charge in [-0.3, -0.25) is 14.4 Å². The number of phenols is 1. The van der Waals surface area contributed by atoms with E-state index in [1.807, 2.05) is 0 Å². The van der Waals surface area contributed by atoms with Crippen LogP contribution in [0.4, 0.5) is 4.39 Å². The minimum atomic E-state index is -1.33. The summed E-state index contributed by atoms with van der Waals surface area (Å²) in [6.45, 7) is 2.90. The van der Waals surface area contributed by atoms with E-state index >= 15 is 4.39 Å². The van der Waals surface area contributed by atoms with E-state index in [9.17, 15) is 29.7 Å². The van der Waals surface area contributed by atoms with Crippen LogP contribution < -0.4 is 16.4 Å². The molecule has 4 aliphatic rings. The largest absolute Gasteiger partial charge is 0.510 e. The van der Waals surface area contributed by atoms with Gasteiger partial charge in [-0.2, -0.15) is 0 Å². The third kappa shape index (κ3) is 3.38. The zero-order valence-electron chi connectivity index (χ0n) is 19.2. The van der Waals surface area contributed by atoms with Gasteiger partial charge in [0, 0.05) is 22.7 Å². The van der Waals surface area contributed by atoms with Crippen molar-refractivity contribution in [1.82, 2.24) is 10.6 Å². The maximum atomic E-state index is 15.7. The molecule has 1 saturated heterocycles. The topological polar surface area (TPSA) is 162 Å². The molecule has 1 unspecified atom stereocenters. The van der Waals surface area contributed by atoms with Crippen molar-refractivity contribution in [2.45, 2.75) is 44.7 Å². The van der Waals surface area contributed by atoms with E-state index in [2.05, 4.69) is 10.6 Å². The molecule has 10 heteroatoms. The third-order valence-corrected chi connectivity index (χ3v) is 7.87. The number of hydrogen-bond acceptors (Lipinski definition) is 8. The predicted octanol–water partition coefficient (Wildman–Crippen LogP) is 1.46. The molecule has 5 rings (SSSR count). The van der Waals surface area contributed by atoms with Gasteiger partial charge >= 0.3 is 0 Å². The molecule has 5 atom stereocenters. The van der Waals surface area contributed by atoms with E-state index in [4.69, 9.17) is 5.73 Å². The van der Waals surface area contributed by atoms with Crippen LogP contribution >= 0.6 is 0 Å². The summed E-state index contributed by atoms with van der Waals surface area (Å²) in [7, 11) is 0. The molecular formula is C25H28FN3O6. The molecule has 186 valence electrons. The van der Waals surface area contributed by atoms with E-state index < -0.39 is 64.2 Å². The summed E-state index contributed by atoms with van der Waals surface area (Å²) < 4.78 is 15.7.